The topological polar surface area (TPSA) is 260 Å². The lowest BCUT2D eigenvalue weighted by Gasteiger charge is -2.50. The number of carbonyl (C=O) groups is 3. The number of hydrogen-bond donors (Lipinski definition) is 6. The maximum absolute atomic E-state index is 13.5. The summed E-state index contributed by atoms with van der Waals surface area (Å²) in [4.78, 5) is 53.0. The smallest absolute Gasteiger partial charge is 0.418 e. The van der Waals surface area contributed by atoms with E-state index in [9.17, 15) is 27.9 Å². The van der Waals surface area contributed by atoms with Crippen molar-refractivity contribution in [3.63, 3.8) is 0 Å². The van der Waals surface area contributed by atoms with Gasteiger partial charge in [0.2, 0.25) is 0 Å². The molecule has 1 aromatic carbocycles. The maximum Gasteiger partial charge on any atom is 0.418 e. The molecule has 266 valence electrons. The number of thiazole rings is 1. The number of aryl methyl sites for hydroxylation is 1. The number of hydrogen-bond acceptors (Lipinski definition) is 16. The first-order valence-corrected chi connectivity index (χ1v) is 17.2. The average molecular weight is 724 g/mol. The highest BCUT2D eigenvalue weighted by atomic mass is 32.3. The number of oxime groups is 1. The number of aliphatic imine (C=N–C) groups is 1. The van der Waals surface area contributed by atoms with Gasteiger partial charge in [-0.25, -0.2) is 14.8 Å². The number of benzene rings is 1. The molecule has 19 nitrogen and oxygen atoms in total. The van der Waals surface area contributed by atoms with Gasteiger partial charge in [0, 0.05) is 24.5 Å². The van der Waals surface area contributed by atoms with Gasteiger partial charge < -0.3 is 31.0 Å². The van der Waals surface area contributed by atoms with Crippen LogP contribution in [0.3, 0.4) is 0 Å². The van der Waals surface area contributed by atoms with E-state index in [4.69, 9.17) is 19.9 Å². The zero-order valence-corrected chi connectivity index (χ0v) is 28.8. The Balaban J connectivity index is 1.33. The van der Waals surface area contributed by atoms with Crippen molar-refractivity contribution in [3.8, 4) is 5.75 Å². The van der Waals surface area contributed by atoms with Crippen LogP contribution >= 0.6 is 11.3 Å². The quantitative estimate of drug-likeness (QED) is 0.0647. The maximum atomic E-state index is 13.5. The van der Waals surface area contributed by atoms with Gasteiger partial charge in [0.15, 0.2) is 16.9 Å². The van der Waals surface area contributed by atoms with Gasteiger partial charge in [-0.2, -0.15) is 13.5 Å². The fraction of sp³-hybridized carbons (Fsp3) is 0.500. The first-order valence-electron chi connectivity index (χ1n) is 14.9. The van der Waals surface area contributed by atoms with Crippen LogP contribution < -0.4 is 26.5 Å². The normalized spacial score (nSPS) is 23.0. The van der Waals surface area contributed by atoms with E-state index in [2.05, 4.69) is 35.5 Å². The number of aliphatic carboxylic acids is 1. The monoisotopic (exact) mass is 723 g/mol. The summed E-state index contributed by atoms with van der Waals surface area (Å²) < 4.78 is 41.8. The number of nitrogen functional groups attached to an aromatic ring is 1. The molecule has 4 heterocycles. The van der Waals surface area contributed by atoms with Crippen molar-refractivity contribution in [2.45, 2.75) is 62.9 Å². The molecule has 0 spiro atoms. The van der Waals surface area contributed by atoms with Gasteiger partial charge in [0.1, 0.15) is 23.3 Å². The number of nitrogens with two attached hydrogens (primary N) is 1. The minimum absolute atomic E-state index is 0.0652. The number of carboxylic acid groups (broad SMARTS) is 1. The number of amidine groups is 1. The van der Waals surface area contributed by atoms with Crippen LogP contribution in [0, 0.1) is 0 Å². The second-order valence-electron chi connectivity index (χ2n) is 12.3. The molecule has 0 aliphatic carbocycles. The molecule has 0 saturated carbocycles. The Morgan fingerprint density at radius 3 is 2.71 bits per heavy atom. The summed E-state index contributed by atoms with van der Waals surface area (Å²) in [7, 11) is -1.24. The Bertz CT molecular complexity index is 1810. The zero-order chi connectivity index (χ0) is 35.9. The highest BCUT2D eigenvalue weighted by molar-refractivity contribution is 7.80. The summed E-state index contributed by atoms with van der Waals surface area (Å²) >= 11 is 0.971. The zero-order valence-electron chi connectivity index (χ0n) is 27.2. The minimum Gasteiger partial charge on any atom is -0.485 e. The van der Waals surface area contributed by atoms with Gasteiger partial charge in [-0.15, -0.1) is 15.6 Å². The van der Waals surface area contributed by atoms with Gasteiger partial charge in [-0.1, -0.05) is 5.16 Å². The number of nitrogens with one attached hydrogen (secondary N) is 3. The summed E-state index contributed by atoms with van der Waals surface area (Å²) in [5, 5.41) is 23.8. The number of amides is 2. The number of likely N-dealkylation sites (N-methyl/N-ethyl adjacent to an activating group) is 1. The predicted octanol–water partition coefficient (Wildman–Crippen LogP) is -0.692. The second-order valence-corrected chi connectivity index (χ2v) is 14.2. The highest BCUT2D eigenvalue weighted by Crippen LogP contribution is 2.35. The van der Waals surface area contributed by atoms with Crippen LogP contribution in [-0.4, -0.2) is 119 Å². The number of carbonyl (C=O) groups excluding carboxylic acids is 2. The molecule has 2 amide bonds. The average Bonchev–Trinajstić information content (AvgIpc) is 3.70. The van der Waals surface area contributed by atoms with Crippen molar-refractivity contribution < 1.29 is 46.3 Å². The molecule has 4 atom stereocenters. The van der Waals surface area contributed by atoms with Gasteiger partial charge in [-0.05, 0) is 64.4 Å². The van der Waals surface area contributed by atoms with Crippen LogP contribution in [0.25, 0.3) is 0 Å². The first-order chi connectivity index (χ1) is 22.9. The highest BCUT2D eigenvalue weighted by Gasteiger charge is 2.58. The summed E-state index contributed by atoms with van der Waals surface area (Å²) in [6.07, 6.45) is -0.373. The number of ether oxygens (including phenoxy) is 1. The van der Waals surface area contributed by atoms with E-state index < -0.39 is 57.2 Å². The Hall–Kier alpha value is -4.41. The van der Waals surface area contributed by atoms with Gasteiger partial charge in [0.05, 0.1) is 18.1 Å². The van der Waals surface area contributed by atoms with Crippen molar-refractivity contribution in [2.24, 2.45) is 10.1 Å². The lowest BCUT2D eigenvalue weighted by atomic mass is 9.84. The molecule has 1 saturated heterocycles. The molecule has 49 heavy (non-hydrogen) atoms. The van der Waals surface area contributed by atoms with Crippen LogP contribution in [0.5, 0.6) is 5.75 Å². The van der Waals surface area contributed by atoms with Crippen molar-refractivity contribution in [2.75, 3.05) is 32.9 Å². The fourth-order valence-electron chi connectivity index (χ4n) is 5.51. The SMILES string of the molecule is CNN(C)CC1CN=C(c2ccc3c(c2)CC[C@H]([C@](C)(O/N=C(\C(=O)N[C@@H]2C(=O)N(OS(=O)(=O)O)C2(C)C)c2csc(N)n2)C(=O)O)O3)N1. The number of aromatic nitrogens is 1. The van der Waals surface area contributed by atoms with E-state index in [-0.39, 0.29) is 23.3 Å². The van der Waals surface area contributed by atoms with E-state index in [1.165, 1.54) is 26.2 Å². The third-order valence-electron chi connectivity index (χ3n) is 8.43. The summed E-state index contributed by atoms with van der Waals surface area (Å²) in [6.45, 7) is 5.38. The Labute approximate surface area is 285 Å². The molecule has 1 unspecified atom stereocenters. The van der Waals surface area contributed by atoms with Crippen LogP contribution in [-0.2, 0) is 40.3 Å². The van der Waals surface area contributed by atoms with E-state index in [1.54, 1.807) is 6.07 Å². The molecule has 1 fully saturated rings. The molecular formula is C28H37N9O10S2. The van der Waals surface area contributed by atoms with E-state index in [0.29, 0.717) is 23.8 Å². The fourth-order valence-corrected chi connectivity index (χ4v) is 6.51. The third-order valence-corrected chi connectivity index (χ3v) is 9.44. The Morgan fingerprint density at radius 2 is 2.10 bits per heavy atom. The lowest BCUT2D eigenvalue weighted by Crippen LogP contribution is -2.76. The van der Waals surface area contributed by atoms with Crippen molar-refractivity contribution in [3.05, 3.63) is 40.4 Å². The van der Waals surface area contributed by atoms with Gasteiger partial charge >= 0.3 is 16.4 Å². The molecule has 2 aromatic rings. The molecular weight excluding hydrogens is 686 g/mol. The number of fused-ring (bicyclic) bond motifs is 1. The Kier molecular flexibility index (Phi) is 9.87. The van der Waals surface area contributed by atoms with Crippen molar-refractivity contribution in [1.29, 1.82) is 0 Å². The van der Waals surface area contributed by atoms with Crippen LogP contribution in [0.4, 0.5) is 5.13 Å². The van der Waals surface area contributed by atoms with E-state index in [1.807, 2.05) is 31.2 Å². The van der Waals surface area contributed by atoms with Crippen molar-refractivity contribution >= 4 is 56.2 Å². The molecule has 3 aliphatic rings. The number of anilines is 1. The lowest BCUT2D eigenvalue weighted by molar-refractivity contribution is -0.218. The van der Waals surface area contributed by atoms with Gasteiger partial charge in [0.25, 0.3) is 17.4 Å². The molecule has 21 heteroatoms. The molecule has 3 aliphatic heterocycles. The van der Waals surface area contributed by atoms with E-state index >= 15 is 0 Å². The number of carboxylic acids is 1. The summed E-state index contributed by atoms with van der Waals surface area (Å²) in [5.74, 6) is -2.21. The van der Waals surface area contributed by atoms with Crippen LogP contribution in [0.15, 0.2) is 33.7 Å². The number of rotatable bonds is 13. The number of hydrazine groups is 1. The molecule has 1 aromatic heterocycles. The third kappa shape index (κ3) is 7.45. The standard InChI is InChI=1S/C28H37N9O10S2/c1-27(2)21(24(39)37(27)47-49(42,43)44)34-23(38)20(17-13-48-26(29)33-17)35-46-28(3,25(40)41)19-9-7-14-10-15(6-8-18(14)45-19)22-31-11-16(32-22)12-36(5)30-4/h6,8,10,13,16,19,21,30H,7,9,11-12H2,1-5H3,(H2,29,33)(H,31,32)(H,34,38)(H,40,41)(H,42,43,44)/b35-20-/t16?,19-,21-,28+/m1/s1. The minimum atomic E-state index is -5.02. The number of hydroxylamine groups is 2. The van der Waals surface area contributed by atoms with Crippen molar-refractivity contribution in [1.82, 2.24) is 31.1 Å². The molecule has 7 N–H and O–H groups in total. The molecule has 0 bridgehead atoms. The summed E-state index contributed by atoms with van der Waals surface area (Å²) in [5.41, 5.74) is 6.43. The van der Waals surface area contributed by atoms with E-state index in [0.717, 1.165) is 34.8 Å². The van der Waals surface area contributed by atoms with Crippen LogP contribution in [0.1, 0.15) is 44.0 Å². The molecule has 5 rings (SSSR count). The van der Waals surface area contributed by atoms with Crippen LogP contribution in [0.2, 0.25) is 0 Å². The summed E-state index contributed by atoms with van der Waals surface area (Å²) in [6, 6.07) is 4.32. The first kappa shape index (κ1) is 35.9. The van der Waals surface area contributed by atoms with Gasteiger partial charge in [-0.3, -0.25) is 24.6 Å². The predicted molar refractivity (Wildman–Crippen MR) is 175 cm³/mol. The largest absolute Gasteiger partial charge is 0.485 e. The Morgan fingerprint density at radius 1 is 1.37 bits per heavy atom. The molecule has 0 radical (unpaired) electrons. The number of β-lactam (4-membered cyclic amide) rings is 1. The second kappa shape index (κ2) is 13.5. The number of nitrogens with zero attached hydrogens (tertiary/aromatic N) is 5.